The Hall–Kier alpha value is -1.89. The molecule has 1 aromatic carbocycles. The highest BCUT2D eigenvalue weighted by Gasteiger charge is 2.25. The van der Waals surface area contributed by atoms with Crippen LogP contribution >= 0.6 is 11.8 Å². The van der Waals surface area contributed by atoms with E-state index >= 15 is 0 Å². The zero-order chi connectivity index (χ0) is 16.8. The molecule has 1 saturated carbocycles. The van der Waals surface area contributed by atoms with Gasteiger partial charge in [-0.2, -0.15) is 16.6 Å². The maximum absolute atomic E-state index is 11.8. The Morgan fingerprint density at radius 1 is 1.25 bits per heavy atom. The minimum Gasteiger partial charge on any atom is -0.353 e. The van der Waals surface area contributed by atoms with Crippen LogP contribution < -0.4 is 5.32 Å². The van der Waals surface area contributed by atoms with Crippen LogP contribution in [0.2, 0.25) is 0 Å². The normalized spacial score (nSPS) is 20.7. The minimum absolute atomic E-state index is 0.165. The van der Waals surface area contributed by atoms with Crippen LogP contribution in [0.3, 0.4) is 0 Å². The molecule has 0 spiro atoms. The Balaban J connectivity index is 1.52. The number of carbonyl (C=O) groups excluding carboxylic acids is 1. The Labute approximate surface area is 146 Å². The number of tetrazole rings is 1. The minimum atomic E-state index is 0.165. The molecule has 0 bridgehead atoms. The van der Waals surface area contributed by atoms with Gasteiger partial charge in [0.05, 0.1) is 6.04 Å². The zero-order valence-electron chi connectivity index (χ0n) is 13.9. The van der Waals surface area contributed by atoms with Gasteiger partial charge in [0.15, 0.2) is 0 Å². The molecule has 6 nitrogen and oxygen atoms in total. The van der Waals surface area contributed by atoms with Gasteiger partial charge in [-0.3, -0.25) is 4.79 Å². The van der Waals surface area contributed by atoms with Gasteiger partial charge in [-0.25, -0.2) is 0 Å². The zero-order valence-corrected chi connectivity index (χ0v) is 14.7. The van der Waals surface area contributed by atoms with Crippen molar-refractivity contribution >= 4 is 17.7 Å². The van der Waals surface area contributed by atoms with Crippen molar-refractivity contribution in [1.29, 1.82) is 0 Å². The summed E-state index contributed by atoms with van der Waals surface area (Å²) in [5.41, 5.74) is 0.985. The largest absolute Gasteiger partial charge is 0.353 e. The molecular weight excluding hydrogens is 322 g/mol. The standard InChI is InChI=1S/C17H23N5OS/c1-24-12-11-16(23)18-14-7-9-15(10-8-14)22-20-17(19-21-22)13-5-3-2-4-6-13/h2-6,14-15H,7-12H2,1H3,(H,18,23). The molecule has 0 saturated heterocycles. The van der Waals surface area contributed by atoms with Gasteiger partial charge in [0.1, 0.15) is 0 Å². The van der Waals surface area contributed by atoms with E-state index in [2.05, 4.69) is 20.7 Å². The molecule has 128 valence electrons. The van der Waals surface area contributed by atoms with Crippen molar-refractivity contribution in [2.75, 3.05) is 12.0 Å². The molecule has 3 rings (SSSR count). The molecule has 0 unspecified atom stereocenters. The van der Waals surface area contributed by atoms with Crippen LogP contribution in [-0.4, -0.2) is 44.2 Å². The molecular formula is C17H23N5OS. The van der Waals surface area contributed by atoms with Crippen molar-refractivity contribution in [3.05, 3.63) is 30.3 Å². The Bertz CT molecular complexity index is 652. The van der Waals surface area contributed by atoms with Gasteiger partial charge in [0.2, 0.25) is 11.7 Å². The number of nitrogens with one attached hydrogen (secondary N) is 1. The average molecular weight is 345 g/mol. The summed E-state index contributed by atoms with van der Waals surface area (Å²) < 4.78 is 0. The molecule has 0 aliphatic heterocycles. The van der Waals surface area contributed by atoms with Crippen molar-refractivity contribution in [1.82, 2.24) is 25.5 Å². The van der Waals surface area contributed by atoms with Crippen LogP contribution in [0.1, 0.15) is 38.1 Å². The maximum Gasteiger partial charge on any atom is 0.221 e. The summed E-state index contributed by atoms with van der Waals surface area (Å²) in [6, 6.07) is 10.5. The predicted octanol–water partition coefficient (Wildman–Crippen LogP) is 2.69. The van der Waals surface area contributed by atoms with Crippen LogP contribution in [0.25, 0.3) is 11.4 Å². The topological polar surface area (TPSA) is 72.7 Å². The lowest BCUT2D eigenvalue weighted by atomic mass is 9.91. The summed E-state index contributed by atoms with van der Waals surface area (Å²) in [5.74, 6) is 1.72. The molecule has 0 atom stereocenters. The van der Waals surface area contributed by atoms with E-state index in [9.17, 15) is 4.79 Å². The van der Waals surface area contributed by atoms with Gasteiger partial charge in [0, 0.05) is 23.8 Å². The van der Waals surface area contributed by atoms with Gasteiger partial charge < -0.3 is 5.32 Å². The number of amides is 1. The number of rotatable bonds is 6. The third-order valence-corrected chi connectivity index (χ3v) is 4.99. The summed E-state index contributed by atoms with van der Waals surface area (Å²) in [4.78, 5) is 13.6. The molecule has 1 fully saturated rings. The van der Waals surface area contributed by atoms with Crippen LogP contribution in [0.15, 0.2) is 30.3 Å². The van der Waals surface area contributed by atoms with Crippen LogP contribution in [0, 0.1) is 0 Å². The summed E-state index contributed by atoms with van der Waals surface area (Å²) in [5, 5.41) is 16.1. The quantitative estimate of drug-likeness (QED) is 0.871. The number of hydrogen-bond donors (Lipinski definition) is 1. The maximum atomic E-state index is 11.8. The van der Waals surface area contributed by atoms with E-state index in [-0.39, 0.29) is 18.0 Å². The molecule has 24 heavy (non-hydrogen) atoms. The van der Waals surface area contributed by atoms with Gasteiger partial charge >= 0.3 is 0 Å². The van der Waals surface area contributed by atoms with Crippen LogP contribution in [0.5, 0.6) is 0 Å². The summed E-state index contributed by atoms with van der Waals surface area (Å²) in [7, 11) is 0. The van der Waals surface area contributed by atoms with Gasteiger partial charge in [-0.05, 0) is 37.2 Å². The molecule has 1 N–H and O–H groups in total. The fourth-order valence-corrected chi connectivity index (χ4v) is 3.42. The number of benzene rings is 1. The number of hydrogen-bond acceptors (Lipinski definition) is 5. The highest BCUT2D eigenvalue weighted by Crippen LogP contribution is 2.27. The number of nitrogens with zero attached hydrogens (tertiary/aromatic N) is 4. The van der Waals surface area contributed by atoms with E-state index in [1.165, 1.54) is 0 Å². The second-order valence-electron chi connectivity index (χ2n) is 6.12. The van der Waals surface area contributed by atoms with E-state index in [1.54, 1.807) is 16.6 Å². The third kappa shape index (κ3) is 4.35. The van der Waals surface area contributed by atoms with Crippen molar-refractivity contribution in [3.63, 3.8) is 0 Å². The van der Waals surface area contributed by atoms with Crippen LogP contribution in [-0.2, 0) is 4.79 Å². The van der Waals surface area contributed by atoms with Crippen molar-refractivity contribution < 1.29 is 4.79 Å². The molecule has 2 aromatic rings. The molecule has 1 aromatic heterocycles. The molecule has 1 amide bonds. The van der Waals surface area contributed by atoms with Crippen molar-refractivity contribution in [2.24, 2.45) is 0 Å². The molecule has 7 heteroatoms. The first kappa shape index (κ1) is 17.0. The smallest absolute Gasteiger partial charge is 0.221 e. The lowest BCUT2D eigenvalue weighted by Gasteiger charge is -2.28. The fourth-order valence-electron chi connectivity index (χ4n) is 3.03. The lowest BCUT2D eigenvalue weighted by molar-refractivity contribution is -0.121. The third-order valence-electron chi connectivity index (χ3n) is 4.38. The Morgan fingerprint density at radius 3 is 2.71 bits per heavy atom. The summed E-state index contributed by atoms with van der Waals surface area (Å²) >= 11 is 1.70. The highest BCUT2D eigenvalue weighted by molar-refractivity contribution is 7.98. The summed E-state index contributed by atoms with van der Waals surface area (Å²) in [6.45, 7) is 0. The first-order chi connectivity index (χ1) is 11.8. The van der Waals surface area contributed by atoms with E-state index in [4.69, 9.17) is 0 Å². The van der Waals surface area contributed by atoms with E-state index in [0.717, 1.165) is 37.0 Å². The highest BCUT2D eigenvalue weighted by atomic mass is 32.2. The molecule has 1 aliphatic rings. The SMILES string of the molecule is CSCCC(=O)NC1CCC(n2nnc(-c3ccccc3)n2)CC1. The van der Waals surface area contributed by atoms with Crippen molar-refractivity contribution in [3.8, 4) is 11.4 Å². The molecule has 1 heterocycles. The first-order valence-corrected chi connectivity index (χ1v) is 9.79. The van der Waals surface area contributed by atoms with E-state index in [0.29, 0.717) is 12.2 Å². The lowest BCUT2D eigenvalue weighted by Crippen LogP contribution is -2.38. The van der Waals surface area contributed by atoms with Gasteiger partial charge in [-0.15, -0.1) is 10.2 Å². The molecule has 0 radical (unpaired) electrons. The Kier molecular flexibility index (Phi) is 5.85. The number of carbonyl (C=O) groups is 1. The van der Waals surface area contributed by atoms with E-state index < -0.39 is 0 Å². The number of thioether (sulfide) groups is 1. The second-order valence-corrected chi connectivity index (χ2v) is 7.10. The van der Waals surface area contributed by atoms with Gasteiger partial charge in [-0.1, -0.05) is 30.3 Å². The first-order valence-electron chi connectivity index (χ1n) is 8.39. The molecule has 1 aliphatic carbocycles. The van der Waals surface area contributed by atoms with E-state index in [1.807, 2.05) is 36.6 Å². The second kappa shape index (κ2) is 8.28. The fraction of sp³-hybridized carbons (Fsp3) is 0.529. The predicted molar refractivity (Wildman–Crippen MR) is 95.7 cm³/mol. The summed E-state index contributed by atoms with van der Waals surface area (Å²) in [6.07, 6.45) is 6.51. The average Bonchev–Trinajstić information content (AvgIpc) is 3.11. The van der Waals surface area contributed by atoms with Gasteiger partial charge in [0.25, 0.3) is 0 Å². The van der Waals surface area contributed by atoms with Crippen molar-refractivity contribution in [2.45, 2.75) is 44.2 Å². The number of aromatic nitrogens is 4. The Morgan fingerprint density at radius 2 is 2.00 bits per heavy atom. The van der Waals surface area contributed by atoms with Crippen LogP contribution in [0.4, 0.5) is 0 Å². The monoisotopic (exact) mass is 345 g/mol.